The van der Waals surface area contributed by atoms with Crippen LogP contribution in [0.4, 0.5) is 18.9 Å². The third-order valence-corrected chi connectivity index (χ3v) is 4.48. The lowest BCUT2D eigenvalue weighted by Crippen LogP contribution is -2.14. The molecular weight excluding hydrogens is 383 g/mol. The molecule has 3 rings (SSSR count). The third kappa shape index (κ3) is 3.32. The van der Waals surface area contributed by atoms with Crippen molar-refractivity contribution >= 4 is 11.7 Å². The van der Waals surface area contributed by atoms with Crippen molar-refractivity contribution in [1.82, 2.24) is 4.57 Å². The lowest BCUT2D eigenvalue weighted by molar-refractivity contribution is -0.142. The van der Waals surface area contributed by atoms with Gasteiger partial charge in [0.15, 0.2) is 0 Å². The Hall–Kier alpha value is -4.04. The molecule has 0 unspecified atom stereocenters. The molecule has 0 aliphatic carbocycles. The van der Waals surface area contributed by atoms with E-state index in [4.69, 9.17) is 6.57 Å². The fourth-order valence-corrected chi connectivity index (χ4v) is 3.27. The Morgan fingerprint density at radius 1 is 1.14 bits per heavy atom. The second-order valence-electron chi connectivity index (χ2n) is 6.13. The number of nitrogens with zero attached hydrogens (tertiary/aromatic N) is 3. The van der Waals surface area contributed by atoms with Gasteiger partial charge in [-0.2, -0.15) is 18.4 Å². The monoisotopic (exact) mass is 395 g/mol. The molecule has 5 nitrogen and oxygen atoms in total. The van der Waals surface area contributed by atoms with Crippen LogP contribution in [0, 0.1) is 17.9 Å². The highest BCUT2D eigenvalue weighted by Crippen LogP contribution is 2.46. The molecule has 1 N–H and O–H groups in total. The van der Waals surface area contributed by atoms with Gasteiger partial charge in [0.2, 0.25) is 5.69 Å². The van der Waals surface area contributed by atoms with Crippen molar-refractivity contribution in [3.05, 3.63) is 76.9 Å². The third-order valence-electron chi connectivity index (χ3n) is 4.48. The number of carboxylic acid groups (broad SMARTS) is 1. The summed E-state index contributed by atoms with van der Waals surface area (Å²) in [7, 11) is 0.974. The smallest absolute Gasteiger partial charge is 0.421 e. The van der Waals surface area contributed by atoms with Crippen LogP contribution in [0.3, 0.4) is 0 Å². The van der Waals surface area contributed by atoms with Crippen LogP contribution in [0.25, 0.3) is 27.1 Å². The summed E-state index contributed by atoms with van der Waals surface area (Å²) in [5.74, 6) is -1.57. The van der Waals surface area contributed by atoms with E-state index in [2.05, 4.69) is 10.9 Å². The number of hydrogen-bond donors (Lipinski definition) is 1. The van der Waals surface area contributed by atoms with E-state index >= 15 is 0 Å². The zero-order valence-corrected chi connectivity index (χ0v) is 14.9. The highest BCUT2D eigenvalue weighted by Gasteiger charge is 2.41. The van der Waals surface area contributed by atoms with Gasteiger partial charge >= 0.3 is 12.1 Å². The van der Waals surface area contributed by atoms with Crippen LogP contribution in [0.5, 0.6) is 0 Å². The van der Waals surface area contributed by atoms with E-state index < -0.39 is 29.2 Å². The first-order valence-electron chi connectivity index (χ1n) is 8.21. The maximum atomic E-state index is 13.4. The second-order valence-corrected chi connectivity index (χ2v) is 6.13. The highest BCUT2D eigenvalue weighted by atomic mass is 19.4. The van der Waals surface area contributed by atoms with E-state index in [-0.39, 0.29) is 11.1 Å². The van der Waals surface area contributed by atoms with Crippen LogP contribution in [-0.4, -0.2) is 15.6 Å². The first-order chi connectivity index (χ1) is 13.7. The van der Waals surface area contributed by atoms with Gasteiger partial charge in [0.25, 0.3) is 0 Å². The van der Waals surface area contributed by atoms with Crippen LogP contribution < -0.4 is 0 Å². The molecule has 8 heteroatoms. The summed E-state index contributed by atoms with van der Waals surface area (Å²) in [6, 6.07) is 14.9. The van der Waals surface area contributed by atoms with Gasteiger partial charge in [-0.25, -0.2) is 9.64 Å². The van der Waals surface area contributed by atoms with Crippen LogP contribution in [0.2, 0.25) is 0 Å². The fraction of sp³-hybridized carbons (Fsp3) is 0.0952. The van der Waals surface area contributed by atoms with Crippen LogP contribution >= 0.6 is 0 Å². The first kappa shape index (κ1) is 19.7. The molecule has 1 aromatic heterocycles. The van der Waals surface area contributed by atoms with Gasteiger partial charge in [0.05, 0.1) is 18.2 Å². The molecule has 0 bridgehead atoms. The predicted molar refractivity (Wildman–Crippen MR) is 99.2 cm³/mol. The number of carboxylic acids is 1. The lowest BCUT2D eigenvalue weighted by atomic mass is 9.97. The zero-order valence-electron chi connectivity index (χ0n) is 14.9. The Kier molecular flexibility index (Phi) is 4.88. The number of alkyl halides is 3. The molecule has 0 fully saturated rings. The Balaban J connectivity index is 2.23. The lowest BCUT2D eigenvalue weighted by Gasteiger charge is -2.09. The van der Waals surface area contributed by atoms with E-state index in [0.717, 1.165) is 7.05 Å². The number of aromatic carboxylic acids is 1. The normalized spacial score (nSPS) is 11.0. The predicted octanol–water partition coefficient (Wildman–Crippen LogP) is 5.50. The molecule has 0 spiro atoms. The van der Waals surface area contributed by atoms with Crippen molar-refractivity contribution in [2.24, 2.45) is 7.05 Å². The molecular formula is C21H12F3N3O2. The number of hydrogen-bond acceptors (Lipinski definition) is 2. The Bertz CT molecular complexity index is 1190. The number of aromatic nitrogens is 1. The van der Waals surface area contributed by atoms with Crippen molar-refractivity contribution in [2.45, 2.75) is 6.18 Å². The number of halogens is 3. The van der Waals surface area contributed by atoms with Crippen molar-refractivity contribution < 1.29 is 23.1 Å². The van der Waals surface area contributed by atoms with Crippen LogP contribution in [-0.2, 0) is 13.2 Å². The van der Waals surface area contributed by atoms with E-state index in [1.54, 1.807) is 36.4 Å². The molecule has 29 heavy (non-hydrogen) atoms. The Labute approximate surface area is 163 Å². The topological polar surface area (TPSA) is 70.4 Å². The summed E-state index contributed by atoms with van der Waals surface area (Å²) in [4.78, 5) is 14.7. The van der Waals surface area contributed by atoms with Gasteiger partial charge in [0, 0.05) is 12.6 Å². The molecule has 3 aromatic rings. The molecule has 144 valence electrons. The average Bonchev–Trinajstić information content (AvgIpc) is 3.00. The summed E-state index contributed by atoms with van der Waals surface area (Å²) >= 11 is 0. The zero-order chi connectivity index (χ0) is 21.3. The molecule has 0 saturated carbocycles. The Morgan fingerprint density at radius 2 is 1.72 bits per heavy atom. The molecule has 0 aliphatic heterocycles. The highest BCUT2D eigenvalue weighted by molar-refractivity contribution is 6.01. The second kappa shape index (κ2) is 7.17. The van der Waals surface area contributed by atoms with Crippen LogP contribution in [0.1, 0.15) is 21.7 Å². The quantitative estimate of drug-likeness (QED) is 0.596. The summed E-state index contributed by atoms with van der Waals surface area (Å²) in [5.41, 5.74) is -1.11. The van der Waals surface area contributed by atoms with E-state index in [0.29, 0.717) is 21.3 Å². The first-order valence-corrected chi connectivity index (χ1v) is 8.21. The molecule has 0 atom stereocenters. The van der Waals surface area contributed by atoms with Crippen molar-refractivity contribution in [2.75, 3.05) is 0 Å². The molecule has 1 heterocycles. The maximum Gasteiger partial charge on any atom is 0.421 e. The molecule has 0 saturated heterocycles. The fourth-order valence-electron chi connectivity index (χ4n) is 3.27. The minimum atomic E-state index is -4.89. The van der Waals surface area contributed by atoms with Crippen molar-refractivity contribution in [1.29, 1.82) is 5.26 Å². The van der Waals surface area contributed by atoms with Gasteiger partial charge < -0.3 is 9.67 Å². The van der Waals surface area contributed by atoms with Crippen LogP contribution in [0.15, 0.2) is 48.5 Å². The molecule has 0 amide bonds. The number of nitriles is 1. The van der Waals surface area contributed by atoms with Crippen molar-refractivity contribution in [3.8, 4) is 28.3 Å². The minimum Gasteiger partial charge on any atom is -0.477 e. The molecule has 0 radical (unpaired) electrons. The van der Waals surface area contributed by atoms with Gasteiger partial charge in [-0.3, -0.25) is 0 Å². The summed E-state index contributed by atoms with van der Waals surface area (Å²) in [6.07, 6.45) is -4.89. The number of rotatable bonds is 3. The summed E-state index contributed by atoms with van der Waals surface area (Å²) in [5, 5.41) is 18.7. The molecule has 0 aliphatic rings. The molecule has 2 aromatic carbocycles. The minimum absolute atomic E-state index is 0.165. The maximum absolute atomic E-state index is 13.4. The van der Waals surface area contributed by atoms with Crippen molar-refractivity contribution in [3.63, 3.8) is 0 Å². The Morgan fingerprint density at radius 3 is 2.24 bits per heavy atom. The van der Waals surface area contributed by atoms with Gasteiger partial charge in [0.1, 0.15) is 11.4 Å². The van der Waals surface area contributed by atoms with Gasteiger partial charge in [-0.15, -0.1) is 0 Å². The van der Waals surface area contributed by atoms with Gasteiger partial charge in [-0.05, 0) is 22.8 Å². The standard InChI is InChI=1S/C21H12F3N3O2/c1-26-17-16(18(20(28)29)27(2)19(17)21(22,23)24)13-9-7-12(8-10-13)15-6-4-3-5-14(15)11-25/h3-10H,2H3,(H,28,29). The van der Waals surface area contributed by atoms with E-state index in [9.17, 15) is 28.3 Å². The van der Waals surface area contributed by atoms with Gasteiger partial charge in [-0.1, -0.05) is 42.5 Å². The number of carbonyl (C=O) groups is 1. The SMILES string of the molecule is [C-]#[N+]c1c(-c2ccc(-c3ccccc3C#N)cc2)c(C(=O)O)n(C)c1C(F)(F)F. The van der Waals surface area contributed by atoms with E-state index in [1.165, 1.54) is 12.1 Å². The number of benzene rings is 2. The largest absolute Gasteiger partial charge is 0.477 e. The summed E-state index contributed by atoms with van der Waals surface area (Å²) < 4.78 is 40.8. The summed E-state index contributed by atoms with van der Waals surface area (Å²) in [6.45, 7) is 7.22. The average molecular weight is 395 g/mol. The van der Waals surface area contributed by atoms with E-state index in [1.807, 2.05) is 0 Å².